The van der Waals surface area contributed by atoms with Gasteiger partial charge in [-0.05, 0) is 65.9 Å². The number of carbonyl (C=O) groups is 2. The highest BCUT2D eigenvalue weighted by atomic mass is 19.1. The molecule has 1 unspecified atom stereocenters. The van der Waals surface area contributed by atoms with Gasteiger partial charge in [0.05, 0.1) is 7.89 Å². The summed E-state index contributed by atoms with van der Waals surface area (Å²) in [6.07, 6.45) is 6.91. The van der Waals surface area contributed by atoms with Crippen molar-refractivity contribution in [2.24, 2.45) is 5.92 Å². The Hall–Kier alpha value is -3.93. The summed E-state index contributed by atoms with van der Waals surface area (Å²) >= 11 is 0. The predicted octanol–water partition coefficient (Wildman–Crippen LogP) is 6.77. The van der Waals surface area contributed by atoms with Crippen LogP contribution in [-0.2, 0) is 16.1 Å². The van der Waals surface area contributed by atoms with E-state index < -0.39 is 18.3 Å². The highest BCUT2D eigenvalue weighted by Crippen LogP contribution is 2.31. The number of rotatable bonds is 8. The molecule has 1 fully saturated rings. The van der Waals surface area contributed by atoms with Crippen LogP contribution in [0.25, 0.3) is 17.2 Å². The van der Waals surface area contributed by atoms with Crippen LogP contribution >= 0.6 is 0 Å². The highest BCUT2D eigenvalue weighted by molar-refractivity contribution is 5.95. The van der Waals surface area contributed by atoms with Gasteiger partial charge in [-0.1, -0.05) is 55.7 Å². The second-order valence-corrected chi connectivity index (χ2v) is 9.62. The van der Waals surface area contributed by atoms with E-state index in [4.69, 9.17) is 6.48 Å². The van der Waals surface area contributed by atoms with Gasteiger partial charge in [0.15, 0.2) is 0 Å². The number of nitrogens with zero attached hydrogens (tertiary/aromatic N) is 2. The zero-order chi connectivity index (χ0) is 27.2. The molecule has 0 radical (unpaired) electrons. The van der Waals surface area contributed by atoms with Crippen molar-refractivity contribution in [2.75, 3.05) is 23.9 Å². The first-order chi connectivity index (χ1) is 18.2. The monoisotopic (exact) mass is 501 g/mol. The lowest BCUT2D eigenvalue weighted by atomic mass is 9.88. The molecule has 4 rings (SSSR count). The highest BCUT2D eigenvalue weighted by Gasteiger charge is 2.28. The molecular weight excluding hydrogens is 467 g/mol. The lowest BCUT2D eigenvalue weighted by Crippen LogP contribution is -2.37. The van der Waals surface area contributed by atoms with E-state index in [2.05, 4.69) is 0 Å². The van der Waals surface area contributed by atoms with Crippen molar-refractivity contribution in [3.63, 3.8) is 0 Å². The number of carbonyl (C=O) groups excluding carboxylic acids is 1. The molecule has 3 aromatic carbocycles. The van der Waals surface area contributed by atoms with Gasteiger partial charge in [0.25, 0.3) is 0 Å². The van der Waals surface area contributed by atoms with Crippen LogP contribution in [0.4, 0.5) is 15.8 Å². The number of aliphatic carboxylic acids is 1. The Kier molecular flexibility index (Phi) is 7.94. The Morgan fingerprint density at radius 1 is 0.973 bits per heavy atom. The summed E-state index contributed by atoms with van der Waals surface area (Å²) in [7, 11) is 3.91. The quantitative estimate of drug-likeness (QED) is 0.346. The fourth-order valence-corrected chi connectivity index (χ4v) is 4.66. The number of benzene rings is 3. The normalized spacial score (nSPS) is 15.3. The third kappa shape index (κ3) is 6.64. The average Bonchev–Trinajstić information content (AvgIpc) is 2.92. The van der Waals surface area contributed by atoms with Gasteiger partial charge in [-0.25, -0.2) is 9.18 Å². The van der Waals surface area contributed by atoms with E-state index in [1.807, 2.05) is 43.3 Å². The molecule has 1 aliphatic carbocycles. The number of carboxylic acids is 1. The minimum Gasteiger partial charge on any atom is -0.478 e. The largest absolute Gasteiger partial charge is 0.478 e. The maximum atomic E-state index is 15.5. The van der Waals surface area contributed by atoms with Gasteiger partial charge in [-0.2, -0.15) is 0 Å². The summed E-state index contributed by atoms with van der Waals surface area (Å²) in [5.41, 5.74) is 3.71. The van der Waals surface area contributed by atoms with Crippen molar-refractivity contribution >= 4 is 29.3 Å². The average molecular weight is 502 g/mol. The smallest absolute Gasteiger partial charge is 0.328 e. The second-order valence-electron chi connectivity index (χ2n) is 9.62. The van der Waals surface area contributed by atoms with Crippen LogP contribution in [0.2, 0.25) is 0 Å². The van der Waals surface area contributed by atoms with E-state index in [9.17, 15) is 9.59 Å². The van der Waals surface area contributed by atoms with Gasteiger partial charge in [-0.15, -0.1) is 0 Å². The molecule has 0 aromatic heterocycles. The van der Waals surface area contributed by atoms with Crippen molar-refractivity contribution in [3.05, 3.63) is 89.8 Å². The van der Waals surface area contributed by atoms with Gasteiger partial charge in [0, 0.05) is 43.0 Å². The third-order valence-corrected chi connectivity index (χ3v) is 6.74. The molecule has 1 amide bonds. The Bertz CT molecular complexity index is 1320. The minimum absolute atomic E-state index is 0.106. The maximum Gasteiger partial charge on any atom is 0.328 e. The third-order valence-electron chi connectivity index (χ3n) is 6.74. The number of anilines is 2. The summed E-state index contributed by atoms with van der Waals surface area (Å²) in [5.74, 6) is -2.07. The first-order valence-corrected chi connectivity index (χ1v) is 12.6. The molecule has 5 nitrogen and oxygen atoms in total. The molecule has 1 N–H and O–H groups in total. The molecule has 1 saturated carbocycles. The van der Waals surface area contributed by atoms with E-state index in [1.165, 1.54) is 17.0 Å². The van der Waals surface area contributed by atoms with Crippen LogP contribution in [0.1, 0.15) is 44.6 Å². The van der Waals surface area contributed by atoms with E-state index in [1.54, 1.807) is 36.4 Å². The maximum absolute atomic E-state index is 15.5. The van der Waals surface area contributed by atoms with Gasteiger partial charge in [0.1, 0.15) is 5.82 Å². The number of carboxylic acid groups (broad SMARTS) is 1. The van der Waals surface area contributed by atoms with Gasteiger partial charge in [0.2, 0.25) is 5.91 Å². The van der Waals surface area contributed by atoms with Crippen molar-refractivity contribution in [1.82, 2.24) is 0 Å². The van der Waals surface area contributed by atoms with Crippen molar-refractivity contribution in [1.29, 1.82) is 0 Å². The van der Waals surface area contributed by atoms with Gasteiger partial charge in [-0.3, -0.25) is 4.79 Å². The molecule has 0 spiro atoms. The molecule has 0 heterocycles. The molecule has 1 atom stereocenters. The Morgan fingerprint density at radius 2 is 1.68 bits per heavy atom. The van der Waals surface area contributed by atoms with Crippen molar-refractivity contribution < 1.29 is 20.5 Å². The number of hydrogen-bond acceptors (Lipinski definition) is 3. The van der Waals surface area contributed by atoms with Crippen LogP contribution in [-0.4, -0.2) is 31.1 Å². The Balaban J connectivity index is 1.69. The standard InChI is InChI=1S/C31H33FN2O3/c1-33(2)27-16-14-23(15-17-27)25-12-13-26(29(32)20-25)21-34(31(37)24-8-4-3-5-9-24)28-10-6-7-22(19-28)11-18-30(35)36/h6-7,10-20,24H,3-5,8-9,21H2,1-2H3,(H,35,36)/b18-11+/i21D. The lowest BCUT2D eigenvalue weighted by molar-refractivity contribution is -0.131. The van der Waals surface area contributed by atoms with Crippen molar-refractivity contribution in [3.8, 4) is 11.1 Å². The molecule has 3 aromatic rings. The van der Waals surface area contributed by atoms with Gasteiger partial charge >= 0.3 is 5.97 Å². The molecule has 192 valence electrons. The molecule has 0 saturated heterocycles. The van der Waals surface area contributed by atoms with E-state index in [0.717, 1.165) is 49.4 Å². The Labute approximate surface area is 219 Å². The number of hydrogen-bond donors (Lipinski definition) is 1. The van der Waals surface area contributed by atoms with Crippen LogP contribution in [0.5, 0.6) is 0 Å². The van der Waals surface area contributed by atoms with Crippen molar-refractivity contribution in [2.45, 2.75) is 38.6 Å². The van der Waals surface area contributed by atoms with E-state index in [0.29, 0.717) is 16.8 Å². The first-order valence-electron chi connectivity index (χ1n) is 13.2. The van der Waals surface area contributed by atoms with E-state index in [-0.39, 0.29) is 17.4 Å². The molecule has 0 bridgehead atoms. The number of amides is 1. The van der Waals surface area contributed by atoms with Gasteiger partial charge < -0.3 is 14.9 Å². The minimum atomic E-state index is -1.30. The molecule has 0 aliphatic heterocycles. The van der Waals surface area contributed by atoms with Crippen LogP contribution in [0.15, 0.2) is 72.8 Å². The SMILES string of the molecule is [2H]C(c1ccc(-c2ccc(N(C)C)cc2)cc1F)N(C(=O)C1CCCCC1)c1cccc(/C=C/C(=O)O)c1. The lowest BCUT2D eigenvalue weighted by Gasteiger charge is -2.30. The summed E-state index contributed by atoms with van der Waals surface area (Å²) in [6.45, 7) is -1.30. The topological polar surface area (TPSA) is 60.9 Å². The fraction of sp³-hybridized carbons (Fsp3) is 0.290. The molecule has 6 heteroatoms. The summed E-state index contributed by atoms with van der Waals surface area (Å²) in [5, 5.41) is 9.00. The van der Waals surface area contributed by atoms with Crippen LogP contribution in [0.3, 0.4) is 0 Å². The van der Waals surface area contributed by atoms with Crippen LogP contribution in [0, 0.1) is 11.7 Å². The molecule has 1 aliphatic rings. The second kappa shape index (κ2) is 11.9. The Morgan fingerprint density at radius 3 is 2.32 bits per heavy atom. The summed E-state index contributed by atoms with van der Waals surface area (Å²) < 4.78 is 24.6. The first kappa shape index (κ1) is 24.8. The van der Waals surface area contributed by atoms with E-state index >= 15 is 4.39 Å². The zero-order valence-electron chi connectivity index (χ0n) is 22.2. The van der Waals surface area contributed by atoms with Crippen LogP contribution < -0.4 is 9.80 Å². The molecule has 37 heavy (non-hydrogen) atoms. The molecular formula is C31H33FN2O3. The predicted molar refractivity (Wildman–Crippen MR) is 147 cm³/mol. The number of halogens is 1. The summed E-state index contributed by atoms with van der Waals surface area (Å²) in [6, 6.07) is 19.4. The zero-order valence-corrected chi connectivity index (χ0v) is 21.2. The summed E-state index contributed by atoms with van der Waals surface area (Å²) in [4.78, 5) is 28.1. The fourth-order valence-electron chi connectivity index (χ4n) is 4.66.